The van der Waals surface area contributed by atoms with Crippen molar-refractivity contribution in [1.29, 1.82) is 0 Å². The number of carbonyl (C=O) groups excluding carboxylic acids is 2. The quantitative estimate of drug-likeness (QED) is 0.0187. The summed E-state index contributed by atoms with van der Waals surface area (Å²) in [5, 5.41) is 23.6. The van der Waals surface area contributed by atoms with E-state index < -0.39 is 5.91 Å². The average molecular weight is 883 g/mol. The molecule has 20 heteroatoms. The molecule has 4 heterocycles. The highest BCUT2D eigenvalue weighted by molar-refractivity contribution is 7.99. The van der Waals surface area contributed by atoms with Gasteiger partial charge in [0.1, 0.15) is 11.4 Å². The molecule has 0 atom stereocenters. The monoisotopic (exact) mass is 881 g/mol. The first-order chi connectivity index (χ1) is 29.3. The van der Waals surface area contributed by atoms with Crippen molar-refractivity contribution in [2.45, 2.75) is 25.0 Å². The largest absolute Gasteiger partial charge is 0.393 e. The van der Waals surface area contributed by atoms with Gasteiger partial charge in [-0.3, -0.25) is 20.0 Å². The van der Waals surface area contributed by atoms with Crippen LogP contribution in [0.4, 0.5) is 27.6 Å². The van der Waals surface area contributed by atoms with Crippen molar-refractivity contribution in [3.8, 4) is 11.3 Å². The van der Waals surface area contributed by atoms with Gasteiger partial charge in [0.05, 0.1) is 25.5 Å². The molecule has 0 saturated heterocycles. The predicted molar refractivity (Wildman–Crippen MR) is 242 cm³/mol. The molecular weight excluding hydrogens is 842 g/mol. The number of nitrogens with two attached hydrogens (primary N) is 2. The number of nitrogens with one attached hydrogen (secondary N) is 3. The molecule has 0 unspecified atom stereocenters. The molecule has 1 aliphatic rings. The van der Waals surface area contributed by atoms with E-state index in [2.05, 4.69) is 48.1 Å². The number of nitrogens with zero attached hydrogens (tertiary/aromatic N) is 8. The average Bonchev–Trinajstić information content (AvgIpc) is 4.05. The summed E-state index contributed by atoms with van der Waals surface area (Å²) in [6, 6.07) is 23.8. The van der Waals surface area contributed by atoms with Gasteiger partial charge in [-0.2, -0.15) is 15.2 Å². The molecule has 3 aromatic carbocycles. The van der Waals surface area contributed by atoms with Crippen molar-refractivity contribution in [1.82, 2.24) is 25.3 Å². The predicted octanol–water partition coefficient (Wildman–Crippen LogP) is 6.75. The number of hydrazone groups is 2. The second-order valence-electron chi connectivity index (χ2n) is 12.9. The Morgan fingerprint density at radius 2 is 1.77 bits per heavy atom. The van der Waals surface area contributed by atoms with Crippen LogP contribution in [0.25, 0.3) is 11.3 Å². The molecule has 0 aliphatic carbocycles. The highest BCUT2D eigenvalue weighted by atomic mass is 35.5. The van der Waals surface area contributed by atoms with E-state index in [1.54, 1.807) is 18.3 Å². The molecular formula is C40H40ClN13O3S3. The molecule has 0 bridgehead atoms. The fourth-order valence-electron chi connectivity index (χ4n) is 5.68. The first-order valence-electron chi connectivity index (χ1n) is 18.7. The number of hydrogen-bond acceptors (Lipinski definition) is 17. The molecule has 60 heavy (non-hydrogen) atoms. The van der Waals surface area contributed by atoms with E-state index in [0.717, 1.165) is 28.9 Å². The molecule has 6 aromatic rings. The fourth-order valence-corrected chi connectivity index (χ4v) is 7.75. The van der Waals surface area contributed by atoms with Crippen LogP contribution in [0.5, 0.6) is 0 Å². The lowest BCUT2D eigenvalue weighted by Gasteiger charge is -2.21. The van der Waals surface area contributed by atoms with Gasteiger partial charge in [-0.15, -0.1) is 22.7 Å². The Bertz CT molecular complexity index is 2450. The number of thiazole rings is 2. The van der Waals surface area contributed by atoms with E-state index in [-0.39, 0.29) is 11.6 Å². The Morgan fingerprint density at radius 1 is 0.983 bits per heavy atom. The molecule has 1 aliphatic heterocycles. The number of hydrazine groups is 1. The SMILES string of the molecule is CCCSc1nc(NCCOCCNC(=O)c2ccc(-c3csc(N4N=C(c5ccccc5)/C(=N\Nc5nccs5)C4=O)n3)cc2)c(N)c(N(N)Cc2ccc(Cl)cc2)n1. The van der Waals surface area contributed by atoms with Crippen LogP contribution in [0, 0.1) is 0 Å². The number of hydrogen-bond donors (Lipinski definition) is 5. The molecule has 0 fully saturated rings. The Morgan fingerprint density at radius 3 is 2.52 bits per heavy atom. The zero-order valence-corrected chi connectivity index (χ0v) is 35.5. The second-order valence-corrected chi connectivity index (χ2v) is 16.2. The van der Waals surface area contributed by atoms with E-state index in [1.807, 2.05) is 77.5 Å². The zero-order chi connectivity index (χ0) is 41.8. The number of amides is 2. The number of halogens is 1. The van der Waals surface area contributed by atoms with E-state index >= 15 is 0 Å². The number of benzene rings is 3. The van der Waals surface area contributed by atoms with Gasteiger partial charge >= 0.3 is 5.91 Å². The van der Waals surface area contributed by atoms with E-state index in [4.69, 9.17) is 32.9 Å². The van der Waals surface area contributed by atoms with E-state index in [1.165, 1.54) is 44.5 Å². The number of ether oxygens (including phenoxy) is 1. The summed E-state index contributed by atoms with van der Waals surface area (Å²) >= 11 is 10.2. The van der Waals surface area contributed by atoms with Crippen molar-refractivity contribution in [2.24, 2.45) is 16.0 Å². The highest BCUT2D eigenvalue weighted by Gasteiger charge is 2.36. The van der Waals surface area contributed by atoms with Gasteiger partial charge in [-0.05, 0) is 36.2 Å². The lowest BCUT2D eigenvalue weighted by molar-refractivity contribution is -0.112. The van der Waals surface area contributed by atoms with Crippen molar-refractivity contribution in [3.63, 3.8) is 0 Å². The minimum Gasteiger partial charge on any atom is -0.393 e. The summed E-state index contributed by atoms with van der Waals surface area (Å²) in [5.41, 5.74) is 13.8. The van der Waals surface area contributed by atoms with Crippen LogP contribution in [0.3, 0.4) is 0 Å². The summed E-state index contributed by atoms with van der Waals surface area (Å²) < 4.78 is 5.77. The van der Waals surface area contributed by atoms with Gasteiger partial charge in [0.2, 0.25) is 10.3 Å². The maximum absolute atomic E-state index is 13.6. The van der Waals surface area contributed by atoms with Crippen molar-refractivity contribution in [3.05, 3.63) is 118 Å². The van der Waals surface area contributed by atoms with Gasteiger partial charge in [0.15, 0.2) is 22.5 Å². The number of aromatic nitrogens is 4. The molecule has 16 nitrogen and oxygen atoms in total. The van der Waals surface area contributed by atoms with Crippen molar-refractivity contribution < 1.29 is 14.3 Å². The third-order valence-electron chi connectivity index (χ3n) is 8.63. The Kier molecular flexibility index (Phi) is 14.3. The van der Waals surface area contributed by atoms with Gasteiger partial charge in [-0.1, -0.05) is 84.9 Å². The molecule has 0 saturated carbocycles. The summed E-state index contributed by atoms with van der Waals surface area (Å²) in [6.45, 7) is 3.82. The van der Waals surface area contributed by atoms with Crippen molar-refractivity contribution in [2.75, 3.05) is 58.6 Å². The van der Waals surface area contributed by atoms with Crippen LogP contribution >= 0.6 is 46.0 Å². The molecule has 308 valence electrons. The highest BCUT2D eigenvalue weighted by Crippen LogP contribution is 2.32. The minimum atomic E-state index is -0.420. The Labute approximate surface area is 363 Å². The van der Waals surface area contributed by atoms with E-state index in [9.17, 15) is 9.59 Å². The Balaban J connectivity index is 0.891. The molecule has 7 N–H and O–H groups in total. The number of anilines is 5. The molecule has 3 aromatic heterocycles. The number of nitrogen functional groups attached to an aromatic ring is 1. The van der Waals surface area contributed by atoms with Crippen LogP contribution in [0.1, 0.15) is 34.8 Å². The fraction of sp³-hybridized carbons (Fsp3) is 0.200. The second kappa shape index (κ2) is 20.3. The first-order valence-corrected chi connectivity index (χ1v) is 21.8. The summed E-state index contributed by atoms with van der Waals surface area (Å²) in [5.74, 6) is 7.49. The van der Waals surface area contributed by atoms with Crippen LogP contribution in [-0.4, -0.2) is 75.2 Å². The smallest absolute Gasteiger partial charge is 0.303 e. The molecule has 2 amide bonds. The van der Waals surface area contributed by atoms with Crippen LogP contribution < -0.4 is 37.7 Å². The standard InChI is InChI=1S/C40H40ClN13O3S3/c1-2-21-58-39-48-34(31(42)35(49-39)53(43)23-25-8-14-29(41)15-9-25)44-16-19-57-20-17-45-36(55)28-12-10-26(11-13-28)30-24-60-40(47-30)54-37(56)33(50-51-38-46-18-22-59-38)32(52-54)27-6-4-3-5-7-27/h3-15,18,22,24H,2,16-17,19-21,23,42-43H2,1H3,(H,45,55)(H,46,51)(H,44,48,49)/b50-33+. The van der Waals surface area contributed by atoms with Crippen LogP contribution in [-0.2, 0) is 16.1 Å². The zero-order valence-electron chi connectivity index (χ0n) is 32.2. The molecule has 0 spiro atoms. The number of thioether (sulfide) groups is 1. The van der Waals surface area contributed by atoms with Crippen LogP contribution in [0.15, 0.2) is 111 Å². The van der Waals surface area contributed by atoms with E-state index in [0.29, 0.717) is 87.6 Å². The normalized spacial score (nSPS) is 13.1. The third-order valence-corrected chi connectivity index (χ3v) is 11.4. The lowest BCUT2D eigenvalue weighted by atomic mass is 10.1. The Hall–Kier alpha value is -5.96. The van der Waals surface area contributed by atoms with Gasteiger partial charge in [-0.25, -0.2) is 25.8 Å². The van der Waals surface area contributed by atoms with Crippen molar-refractivity contribution >= 4 is 96.9 Å². The number of carbonyl (C=O) groups is 2. The van der Waals surface area contributed by atoms with Crippen LogP contribution in [0.2, 0.25) is 5.02 Å². The van der Waals surface area contributed by atoms with Gasteiger partial charge in [0.25, 0.3) is 5.91 Å². The minimum absolute atomic E-state index is 0.147. The summed E-state index contributed by atoms with van der Waals surface area (Å²) in [4.78, 5) is 44.6. The third kappa shape index (κ3) is 10.6. The van der Waals surface area contributed by atoms with Gasteiger partial charge in [0, 0.05) is 57.5 Å². The van der Waals surface area contributed by atoms with Gasteiger partial charge < -0.3 is 21.1 Å². The molecule has 0 radical (unpaired) electrons. The lowest BCUT2D eigenvalue weighted by Crippen LogP contribution is -2.32. The maximum Gasteiger partial charge on any atom is 0.303 e. The summed E-state index contributed by atoms with van der Waals surface area (Å²) in [6.07, 6.45) is 2.61. The maximum atomic E-state index is 13.6. The molecule has 7 rings (SSSR count). The topological polar surface area (TPSA) is 214 Å². The number of rotatable bonds is 19. The summed E-state index contributed by atoms with van der Waals surface area (Å²) in [7, 11) is 0. The first kappa shape index (κ1) is 42.2.